The van der Waals surface area contributed by atoms with E-state index in [2.05, 4.69) is 26.0 Å². The van der Waals surface area contributed by atoms with Gasteiger partial charge in [0.05, 0.1) is 0 Å². The Labute approximate surface area is 121 Å². The van der Waals surface area contributed by atoms with Crippen molar-refractivity contribution in [2.45, 2.75) is 39.7 Å². The summed E-state index contributed by atoms with van der Waals surface area (Å²) >= 11 is 0. The maximum Gasteiger partial charge on any atom is 0.227 e. The Bertz CT molecular complexity index is 446. The van der Waals surface area contributed by atoms with E-state index in [-0.39, 0.29) is 18.3 Å². The van der Waals surface area contributed by atoms with Gasteiger partial charge in [0.15, 0.2) is 0 Å². The molecule has 19 heavy (non-hydrogen) atoms. The van der Waals surface area contributed by atoms with E-state index in [4.69, 9.17) is 5.73 Å². The standard InChI is InChI=1S/C15H22N2O.ClH/c1-11(2)8-15(18)17-7-3-4-13-9-12(10-16)5-6-14(13)17;/h5-6,9,11H,3-4,7-8,10,16H2,1-2H3;1H. The molecule has 0 atom stereocenters. The summed E-state index contributed by atoms with van der Waals surface area (Å²) in [5.74, 6) is 0.651. The molecule has 106 valence electrons. The van der Waals surface area contributed by atoms with Gasteiger partial charge >= 0.3 is 0 Å². The molecule has 2 rings (SSSR count). The first-order valence-electron chi connectivity index (χ1n) is 6.74. The average Bonchev–Trinajstić information content (AvgIpc) is 2.36. The molecule has 0 aromatic heterocycles. The van der Waals surface area contributed by atoms with Crippen LogP contribution in [-0.4, -0.2) is 12.5 Å². The van der Waals surface area contributed by atoms with Crippen molar-refractivity contribution in [1.82, 2.24) is 0 Å². The Kier molecular flexibility index (Phi) is 5.83. The summed E-state index contributed by atoms with van der Waals surface area (Å²) in [6, 6.07) is 6.22. The molecule has 0 bridgehead atoms. The lowest BCUT2D eigenvalue weighted by molar-refractivity contribution is -0.119. The zero-order valence-electron chi connectivity index (χ0n) is 11.7. The van der Waals surface area contributed by atoms with Crippen LogP contribution in [0.4, 0.5) is 5.69 Å². The summed E-state index contributed by atoms with van der Waals surface area (Å²) in [4.78, 5) is 14.2. The van der Waals surface area contributed by atoms with E-state index >= 15 is 0 Å². The second-order valence-corrected chi connectivity index (χ2v) is 5.41. The maximum absolute atomic E-state index is 12.2. The number of amides is 1. The van der Waals surface area contributed by atoms with Gasteiger partial charge in [0.2, 0.25) is 5.91 Å². The van der Waals surface area contributed by atoms with Crippen LogP contribution < -0.4 is 10.6 Å². The molecule has 1 heterocycles. The molecular weight excluding hydrogens is 260 g/mol. The number of carbonyl (C=O) groups excluding carboxylic acids is 1. The van der Waals surface area contributed by atoms with Crippen LogP contribution in [-0.2, 0) is 17.8 Å². The van der Waals surface area contributed by atoms with Crippen molar-refractivity contribution in [3.8, 4) is 0 Å². The molecule has 0 unspecified atom stereocenters. The number of rotatable bonds is 3. The van der Waals surface area contributed by atoms with Gasteiger partial charge in [-0.05, 0) is 36.0 Å². The molecule has 1 amide bonds. The monoisotopic (exact) mass is 282 g/mol. The second-order valence-electron chi connectivity index (χ2n) is 5.41. The zero-order valence-corrected chi connectivity index (χ0v) is 12.5. The Morgan fingerprint density at radius 2 is 2.16 bits per heavy atom. The highest BCUT2D eigenvalue weighted by Crippen LogP contribution is 2.29. The Balaban J connectivity index is 0.00000180. The van der Waals surface area contributed by atoms with Gasteiger partial charge in [-0.25, -0.2) is 0 Å². The third-order valence-corrected chi connectivity index (χ3v) is 3.38. The van der Waals surface area contributed by atoms with Gasteiger partial charge in [0.25, 0.3) is 0 Å². The molecule has 4 heteroatoms. The SMILES string of the molecule is CC(C)CC(=O)N1CCCc2cc(CN)ccc21.Cl. The van der Waals surface area contributed by atoms with Crippen molar-refractivity contribution < 1.29 is 4.79 Å². The predicted molar refractivity (Wildman–Crippen MR) is 81.7 cm³/mol. The van der Waals surface area contributed by atoms with E-state index < -0.39 is 0 Å². The smallest absolute Gasteiger partial charge is 0.227 e. The molecule has 0 spiro atoms. The minimum absolute atomic E-state index is 0. The van der Waals surface area contributed by atoms with Gasteiger partial charge in [-0.1, -0.05) is 26.0 Å². The fraction of sp³-hybridized carbons (Fsp3) is 0.533. The van der Waals surface area contributed by atoms with Gasteiger partial charge in [-0.3, -0.25) is 4.79 Å². The first-order valence-corrected chi connectivity index (χ1v) is 6.74. The van der Waals surface area contributed by atoms with E-state index in [1.807, 2.05) is 11.0 Å². The predicted octanol–water partition coefficient (Wildman–Crippen LogP) is 2.89. The fourth-order valence-electron chi connectivity index (χ4n) is 2.50. The number of benzene rings is 1. The molecule has 2 N–H and O–H groups in total. The number of nitrogens with two attached hydrogens (primary N) is 1. The lowest BCUT2D eigenvalue weighted by Gasteiger charge is -2.30. The van der Waals surface area contributed by atoms with Gasteiger partial charge in [0, 0.05) is 25.2 Å². The van der Waals surface area contributed by atoms with Crippen molar-refractivity contribution in [2.75, 3.05) is 11.4 Å². The Morgan fingerprint density at radius 1 is 1.42 bits per heavy atom. The maximum atomic E-state index is 12.2. The highest BCUT2D eigenvalue weighted by atomic mass is 35.5. The first kappa shape index (κ1) is 16.0. The minimum atomic E-state index is 0. The lowest BCUT2D eigenvalue weighted by atomic mass is 9.98. The molecule has 1 aliphatic heterocycles. The van der Waals surface area contributed by atoms with Crippen LogP contribution in [0.2, 0.25) is 0 Å². The van der Waals surface area contributed by atoms with Crippen LogP contribution in [0.15, 0.2) is 18.2 Å². The van der Waals surface area contributed by atoms with E-state index in [0.29, 0.717) is 18.9 Å². The van der Waals surface area contributed by atoms with Crippen LogP contribution in [0, 0.1) is 5.92 Å². The van der Waals surface area contributed by atoms with E-state index in [1.54, 1.807) is 0 Å². The highest BCUT2D eigenvalue weighted by molar-refractivity contribution is 5.94. The number of hydrogen-bond acceptors (Lipinski definition) is 2. The molecule has 1 aromatic carbocycles. The van der Waals surface area contributed by atoms with Crippen molar-refractivity contribution in [2.24, 2.45) is 11.7 Å². The molecule has 0 saturated carbocycles. The molecular formula is C15H23ClN2O. The molecule has 0 radical (unpaired) electrons. The third-order valence-electron chi connectivity index (χ3n) is 3.38. The quantitative estimate of drug-likeness (QED) is 0.927. The molecule has 3 nitrogen and oxygen atoms in total. The van der Waals surface area contributed by atoms with Crippen LogP contribution in [0.5, 0.6) is 0 Å². The summed E-state index contributed by atoms with van der Waals surface area (Å²) in [6.45, 7) is 5.58. The average molecular weight is 283 g/mol. The second kappa shape index (κ2) is 6.92. The summed E-state index contributed by atoms with van der Waals surface area (Å²) in [5.41, 5.74) is 9.16. The topological polar surface area (TPSA) is 46.3 Å². The van der Waals surface area contributed by atoms with Crippen LogP contribution in [0.1, 0.15) is 37.8 Å². The van der Waals surface area contributed by atoms with Crippen molar-refractivity contribution >= 4 is 24.0 Å². The van der Waals surface area contributed by atoms with E-state index in [0.717, 1.165) is 30.6 Å². The van der Waals surface area contributed by atoms with Crippen molar-refractivity contribution in [1.29, 1.82) is 0 Å². The largest absolute Gasteiger partial charge is 0.326 e. The van der Waals surface area contributed by atoms with Gasteiger partial charge in [-0.2, -0.15) is 0 Å². The molecule has 0 saturated heterocycles. The van der Waals surface area contributed by atoms with E-state index in [9.17, 15) is 4.79 Å². The van der Waals surface area contributed by atoms with Crippen LogP contribution in [0.25, 0.3) is 0 Å². The number of carbonyl (C=O) groups is 1. The lowest BCUT2D eigenvalue weighted by Crippen LogP contribution is -2.36. The molecule has 1 aromatic rings. The van der Waals surface area contributed by atoms with Gasteiger partial charge in [-0.15, -0.1) is 12.4 Å². The summed E-state index contributed by atoms with van der Waals surface area (Å²) < 4.78 is 0. The number of halogens is 1. The number of nitrogens with zero attached hydrogens (tertiary/aromatic N) is 1. The third kappa shape index (κ3) is 3.71. The van der Waals surface area contributed by atoms with Crippen LogP contribution >= 0.6 is 12.4 Å². The van der Waals surface area contributed by atoms with Crippen LogP contribution in [0.3, 0.4) is 0 Å². The van der Waals surface area contributed by atoms with Crippen molar-refractivity contribution in [3.63, 3.8) is 0 Å². The minimum Gasteiger partial charge on any atom is -0.326 e. The van der Waals surface area contributed by atoms with Gasteiger partial charge < -0.3 is 10.6 Å². The normalized spacial score (nSPS) is 14.0. The number of aryl methyl sites for hydroxylation is 1. The molecule has 1 aliphatic rings. The Morgan fingerprint density at radius 3 is 2.79 bits per heavy atom. The summed E-state index contributed by atoms with van der Waals surface area (Å²) in [7, 11) is 0. The zero-order chi connectivity index (χ0) is 13.1. The van der Waals surface area contributed by atoms with Crippen molar-refractivity contribution in [3.05, 3.63) is 29.3 Å². The number of fused-ring (bicyclic) bond motifs is 1. The molecule has 0 aliphatic carbocycles. The Hall–Kier alpha value is -1.06. The van der Waals surface area contributed by atoms with Gasteiger partial charge in [0.1, 0.15) is 0 Å². The summed E-state index contributed by atoms with van der Waals surface area (Å²) in [6.07, 6.45) is 2.72. The molecule has 0 fully saturated rings. The number of hydrogen-bond donors (Lipinski definition) is 1. The fourth-order valence-corrected chi connectivity index (χ4v) is 2.50. The number of anilines is 1. The van der Waals surface area contributed by atoms with E-state index in [1.165, 1.54) is 5.56 Å². The summed E-state index contributed by atoms with van der Waals surface area (Å²) in [5, 5.41) is 0. The first-order chi connectivity index (χ1) is 8.61. The highest BCUT2D eigenvalue weighted by Gasteiger charge is 2.22.